The Morgan fingerprint density at radius 3 is 2.50 bits per heavy atom. The van der Waals surface area contributed by atoms with E-state index in [2.05, 4.69) is 17.6 Å². The Balaban J connectivity index is 1.89. The average molecular weight is 254 g/mol. The summed E-state index contributed by atoms with van der Waals surface area (Å²) < 4.78 is 5.37. The van der Waals surface area contributed by atoms with E-state index in [1.807, 2.05) is 7.05 Å². The van der Waals surface area contributed by atoms with Gasteiger partial charge in [0.25, 0.3) is 0 Å². The van der Waals surface area contributed by atoms with Crippen LogP contribution in [0, 0.1) is 0 Å². The minimum absolute atomic E-state index is 0.0259. The maximum atomic E-state index is 12.2. The number of hydrogen-bond acceptors (Lipinski definition) is 3. The van der Waals surface area contributed by atoms with Crippen molar-refractivity contribution in [2.45, 2.75) is 62.9 Å². The topological polar surface area (TPSA) is 50.4 Å². The molecule has 1 heterocycles. The lowest BCUT2D eigenvalue weighted by molar-refractivity contribution is -0.124. The monoisotopic (exact) mass is 254 g/mol. The van der Waals surface area contributed by atoms with E-state index in [-0.39, 0.29) is 17.0 Å². The van der Waals surface area contributed by atoms with Crippen LogP contribution in [0.3, 0.4) is 0 Å². The molecule has 4 nitrogen and oxygen atoms in total. The van der Waals surface area contributed by atoms with Gasteiger partial charge in [-0.1, -0.05) is 19.3 Å². The van der Waals surface area contributed by atoms with Gasteiger partial charge in [-0.25, -0.2) is 0 Å². The molecule has 1 aliphatic heterocycles. The highest BCUT2D eigenvalue weighted by Crippen LogP contribution is 2.31. The Morgan fingerprint density at radius 1 is 1.22 bits per heavy atom. The lowest BCUT2D eigenvalue weighted by atomic mass is 9.79. The highest BCUT2D eigenvalue weighted by Gasteiger charge is 2.36. The van der Waals surface area contributed by atoms with Gasteiger partial charge in [0.1, 0.15) is 0 Å². The highest BCUT2D eigenvalue weighted by atomic mass is 16.5. The maximum absolute atomic E-state index is 12.2. The number of hydrogen-bond donors (Lipinski definition) is 2. The van der Waals surface area contributed by atoms with Crippen LogP contribution in [0.25, 0.3) is 0 Å². The summed E-state index contributed by atoms with van der Waals surface area (Å²) in [6.45, 7) is 3.48. The van der Waals surface area contributed by atoms with E-state index < -0.39 is 0 Å². The Kier molecular flexibility index (Phi) is 4.28. The van der Waals surface area contributed by atoms with Crippen molar-refractivity contribution in [2.24, 2.45) is 0 Å². The van der Waals surface area contributed by atoms with E-state index in [0.717, 1.165) is 25.9 Å². The summed E-state index contributed by atoms with van der Waals surface area (Å²) in [7, 11) is 1.99. The predicted molar refractivity (Wildman–Crippen MR) is 71.5 cm³/mol. The Hall–Kier alpha value is -0.610. The maximum Gasteiger partial charge on any atom is 0.222 e. The second kappa shape index (κ2) is 5.57. The van der Waals surface area contributed by atoms with Gasteiger partial charge >= 0.3 is 0 Å². The molecule has 2 N–H and O–H groups in total. The number of carbonyl (C=O) groups excluding carboxylic acids is 1. The zero-order valence-corrected chi connectivity index (χ0v) is 11.7. The zero-order valence-electron chi connectivity index (χ0n) is 11.7. The minimum atomic E-state index is -0.152. The molecule has 0 spiro atoms. The van der Waals surface area contributed by atoms with Crippen molar-refractivity contribution in [1.82, 2.24) is 10.6 Å². The van der Waals surface area contributed by atoms with E-state index in [1.54, 1.807) is 0 Å². The molecule has 2 aliphatic rings. The van der Waals surface area contributed by atoms with Gasteiger partial charge in [-0.05, 0) is 33.2 Å². The summed E-state index contributed by atoms with van der Waals surface area (Å²) in [4.78, 5) is 12.2. The number of carbonyl (C=O) groups is 1. The molecule has 1 amide bonds. The number of ether oxygens (including phenoxy) is 1. The molecule has 0 bridgehead atoms. The van der Waals surface area contributed by atoms with Crippen LogP contribution in [0.1, 0.15) is 51.9 Å². The highest BCUT2D eigenvalue weighted by molar-refractivity contribution is 5.78. The van der Waals surface area contributed by atoms with Gasteiger partial charge in [0.2, 0.25) is 5.91 Å². The zero-order chi connectivity index (χ0) is 13.1. The first kappa shape index (κ1) is 13.8. The first-order chi connectivity index (χ1) is 8.58. The van der Waals surface area contributed by atoms with Crippen molar-refractivity contribution < 1.29 is 9.53 Å². The van der Waals surface area contributed by atoms with Crippen molar-refractivity contribution in [3.05, 3.63) is 0 Å². The Labute approximate surface area is 110 Å². The van der Waals surface area contributed by atoms with Crippen molar-refractivity contribution in [2.75, 3.05) is 20.3 Å². The van der Waals surface area contributed by atoms with Gasteiger partial charge in [0, 0.05) is 18.6 Å². The lowest BCUT2D eigenvalue weighted by Gasteiger charge is -2.37. The SMILES string of the molecule is CNC1(CC(=O)NC2(C)CCOC2)CCCCC1. The van der Waals surface area contributed by atoms with Crippen molar-refractivity contribution in [3.63, 3.8) is 0 Å². The Bertz CT molecular complexity index is 292. The Morgan fingerprint density at radius 2 is 1.94 bits per heavy atom. The molecule has 0 aromatic heterocycles. The quantitative estimate of drug-likeness (QED) is 0.801. The second-order valence-corrected chi connectivity index (χ2v) is 6.18. The van der Waals surface area contributed by atoms with Crippen molar-refractivity contribution in [3.8, 4) is 0 Å². The molecule has 4 heteroatoms. The van der Waals surface area contributed by atoms with E-state index in [1.165, 1.54) is 19.3 Å². The summed E-state index contributed by atoms with van der Waals surface area (Å²) in [5.74, 6) is 0.166. The summed E-state index contributed by atoms with van der Waals surface area (Å²) in [5.41, 5.74) is -0.126. The molecule has 0 aromatic carbocycles. The molecule has 104 valence electrons. The first-order valence-corrected chi connectivity index (χ1v) is 7.15. The molecule has 1 saturated heterocycles. The average Bonchev–Trinajstić information content (AvgIpc) is 2.76. The van der Waals surface area contributed by atoms with Gasteiger partial charge in [-0.15, -0.1) is 0 Å². The van der Waals surface area contributed by atoms with Gasteiger partial charge in [-0.3, -0.25) is 4.79 Å². The fourth-order valence-corrected chi connectivity index (χ4v) is 3.20. The fraction of sp³-hybridized carbons (Fsp3) is 0.929. The van der Waals surface area contributed by atoms with E-state index in [0.29, 0.717) is 13.0 Å². The standard InChI is InChI=1S/C14H26N2O2/c1-13(8-9-18-11-13)16-12(17)10-14(15-2)6-4-3-5-7-14/h15H,3-11H2,1-2H3,(H,16,17). The largest absolute Gasteiger partial charge is 0.379 e. The smallest absolute Gasteiger partial charge is 0.222 e. The second-order valence-electron chi connectivity index (χ2n) is 6.18. The first-order valence-electron chi connectivity index (χ1n) is 7.15. The summed E-state index contributed by atoms with van der Waals surface area (Å²) >= 11 is 0. The van der Waals surface area contributed by atoms with Crippen molar-refractivity contribution in [1.29, 1.82) is 0 Å². The van der Waals surface area contributed by atoms with Crippen LogP contribution in [-0.4, -0.2) is 37.2 Å². The van der Waals surface area contributed by atoms with Gasteiger partial charge in [0.15, 0.2) is 0 Å². The molecule has 1 aliphatic carbocycles. The summed E-state index contributed by atoms with van der Waals surface area (Å²) in [6.07, 6.45) is 7.51. The molecule has 1 unspecified atom stereocenters. The van der Waals surface area contributed by atoms with E-state index in [9.17, 15) is 4.79 Å². The fourth-order valence-electron chi connectivity index (χ4n) is 3.20. The molecule has 18 heavy (non-hydrogen) atoms. The van der Waals surface area contributed by atoms with Gasteiger partial charge in [0.05, 0.1) is 12.1 Å². The summed E-state index contributed by atoms with van der Waals surface area (Å²) in [6, 6.07) is 0. The lowest BCUT2D eigenvalue weighted by Crippen LogP contribution is -2.52. The minimum Gasteiger partial charge on any atom is -0.379 e. The van der Waals surface area contributed by atoms with Crippen LogP contribution in [0.4, 0.5) is 0 Å². The predicted octanol–water partition coefficient (Wildman–Crippen LogP) is 1.59. The number of rotatable bonds is 4. The third-order valence-corrected chi connectivity index (χ3v) is 4.50. The van der Waals surface area contributed by atoms with Crippen LogP contribution < -0.4 is 10.6 Å². The van der Waals surface area contributed by atoms with Crippen LogP contribution in [0.5, 0.6) is 0 Å². The van der Waals surface area contributed by atoms with Crippen LogP contribution >= 0.6 is 0 Å². The number of nitrogens with one attached hydrogen (secondary N) is 2. The molecule has 2 rings (SSSR count). The number of amides is 1. The third-order valence-electron chi connectivity index (χ3n) is 4.50. The van der Waals surface area contributed by atoms with Crippen LogP contribution in [0.15, 0.2) is 0 Å². The molecule has 1 saturated carbocycles. The molecule has 1 atom stereocenters. The van der Waals surface area contributed by atoms with Crippen LogP contribution in [-0.2, 0) is 9.53 Å². The third kappa shape index (κ3) is 3.23. The van der Waals surface area contributed by atoms with E-state index >= 15 is 0 Å². The molecule has 2 fully saturated rings. The van der Waals surface area contributed by atoms with Crippen molar-refractivity contribution >= 4 is 5.91 Å². The van der Waals surface area contributed by atoms with E-state index in [4.69, 9.17) is 4.74 Å². The molecular weight excluding hydrogens is 228 g/mol. The summed E-state index contributed by atoms with van der Waals surface area (Å²) in [5, 5.41) is 6.55. The molecular formula is C14H26N2O2. The van der Waals surface area contributed by atoms with Gasteiger partial charge < -0.3 is 15.4 Å². The molecule has 0 aromatic rings. The normalized spacial score (nSPS) is 31.2. The molecule has 0 radical (unpaired) electrons. The van der Waals surface area contributed by atoms with Gasteiger partial charge in [-0.2, -0.15) is 0 Å². The van der Waals surface area contributed by atoms with Crippen LogP contribution in [0.2, 0.25) is 0 Å².